The standard InChI is InChI=1S/C17H17N3O5S2/c1-12(21)19-9-2-10-26-17-8-7-15(11-16(17)19)27(24,25)18-13-3-5-14(6-4-13)20(22)23/h3-8,11,18H,2,9-10H2,1H3. The van der Waals surface area contributed by atoms with Gasteiger partial charge in [0.05, 0.1) is 15.5 Å². The molecular weight excluding hydrogens is 390 g/mol. The third-order valence-corrected chi connectivity index (χ3v) is 6.55. The molecule has 1 heterocycles. The zero-order valence-corrected chi connectivity index (χ0v) is 16.0. The molecule has 0 atom stereocenters. The molecule has 0 radical (unpaired) electrons. The monoisotopic (exact) mass is 407 g/mol. The van der Waals surface area contributed by atoms with Crippen molar-refractivity contribution in [3.8, 4) is 0 Å². The minimum Gasteiger partial charge on any atom is -0.311 e. The molecule has 0 unspecified atom stereocenters. The number of hydrogen-bond donors (Lipinski definition) is 1. The lowest BCUT2D eigenvalue weighted by atomic mass is 10.2. The molecule has 2 aromatic carbocycles. The number of non-ortho nitro benzene ring substituents is 1. The van der Waals surface area contributed by atoms with Crippen LogP contribution in [0.2, 0.25) is 0 Å². The molecule has 142 valence electrons. The van der Waals surface area contributed by atoms with Gasteiger partial charge in [-0.2, -0.15) is 0 Å². The number of nitrogens with one attached hydrogen (secondary N) is 1. The normalized spacial score (nSPS) is 14.2. The van der Waals surface area contributed by atoms with Crippen molar-refractivity contribution >= 4 is 44.8 Å². The Morgan fingerprint density at radius 2 is 1.93 bits per heavy atom. The molecule has 10 heteroatoms. The van der Waals surface area contributed by atoms with Gasteiger partial charge in [0, 0.05) is 36.2 Å². The van der Waals surface area contributed by atoms with Gasteiger partial charge < -0.3 is 4.90 Å². The van der Waals surface area contributed by atoms with Crippen LogP contribution in [0.3, 0.4) is 0 Å². The first kappa shape index (κ1) is 19.2. The third kappa shape index (κ3) is 4.22. The van der Waals surface area contributed by atoms with E-state index in [-0.39, 0.29) is 22.2 Å². The molecule has 0 spiro atoms. The summed E-state index contributed by atoms with van der Waals surface area (Å²) in [4.78, 5) is 24.6. The number of sulfonamides is 1. The van der Waals surface area contributed by atoms with Crippen molar-refractivity contribution in [1.29, 1.82) is 0 Å². The Hall–Kier alpha value is -2.59. The first-order valence-electron chi connectivity index (χ1n) is 8.10. The second-order valence-electron chi connectivity index (χ2n) is 5.91. The molecule has 0 bridgehead atoms. The first-order valence-corrected chi connectivity index (χ1v) is 10.6. The largest absolute Gasteiger partial charge is 0.311 e. The molecule has 1 aliphatic rings. The SMILES string of the molecule is CC(=O)N1CCCSc2ccc(S(=O)(=O)Nc3ccc([N+](=O)[O-])cc3)cc21. The topological polar surface area (TPSA) is 110 Å². The van der Waals surface area contributed by atoms with Gasteiger partial charge >= 0.3 is 0 Å². The lowest BCUT2D eigenvalue weighted by molar-refractivity contribution is -0.384. The highest BCUT2D eigenvalue weighted by Crippen LogP contribution is 2.36. The van der Waals surface area contributed by atoms with Crippen LogP contribution in [-0.4, -0.2) is 31.5 Å². The Morgan fingerprint density at radius 1 is 1.22 bits per heavy atom. The summed E-state index contributed by atoms with van der Waals surface area (Å²) in [7, 11) is -3.91. The van der Waals surface area contributed by atoms with Crippen LogP contribution in [0.4, 0.5) is 17.1 Å². The molecule has 1 aliphatic heterocycles. The zero-order valence-electron chi connectivity index (χ0n) is 14.4. The number of thioether (sulfide) groups is 1. The van der Waals surface area contributed by atoms with Crippen LogP contribution in [0.15, 0.2) is 52.3 Å². The van der Waals surface area contributed by atoms with E-state index in [4.69, 9.17) is 0 Å². The fourth-order valence-electron chi connectivity index (χ4n) is 2.71. The zero-order chi connectivity index (χ0) is 19.6. The quantitative estimate of drug-likeness (QED) is 0.615. The second kappa shape index (κ2) is 7.57. The maximum atomic E-state index is 12.7. The fraction of sp³-hybridized carbons (Fsp3) is 0.235. The van der Waals surface area contributed by atoms with Crippen LogP contribution < -0.4 is 9.62 Å². The predicted molar refractivity (Wildman–Crippen MR) is 104 cm³/mol. The number of benzene rings is 2. The van der Waals surface area contributed by atoms with E-state index in [1.165, 1.54) is 43.3 Å². The molecule has 8 nitrogen and oxygen atoms in total. The number of carbonyl (C=O) groups excluding carboxylic acids is 1. The number of nitro benzene ring substituents is 1. The smallest absolute Gasteiger partial charge is 0.269 e. The second-order valence-corrected chi connectivity index (χ2v) is 8.73. The summed E-state index contributed by atoms with van der Waals surface area (Å²) in [6.07, 6.45) is 0.821. The number of nitro groups is 1. The van der Waals surface area contributed by atoms with Gasteiger partial charge in [0.2, 0.25) is 5.91 Å². The van der Waals surface area contributed by atoms with Crippen LogP contribution in [0, 0.1) is 10.1 Å². The highest BCUT2D eigenvalue weighted by Gasteiger charge is 2.23. The van der Waals surface area contributed by atoms with E-state index < -0.39 is 14.9 Å². The van der Waals surface area contributed by atoms with Crippen LogP contribution in [0.25, 0.3) is 0 Å². The molecule has 0 saturated heterocycles. The highest BCUT2D eigenvalue weighted by molar-refractivity contribution is 7.99. The molecular formula is C17H17N3O5S2. The van der Waals surface area contributed by atoms with Crippen LogP contribution in [0.5, 0.6) is 0 Å². The van der Waals surface area contributed by atoms with E-state index in [2.05, 4.69) is 4.72 Å². The molecule has 1 N–H and O–H groups in total. The van der Waals surface area contributed by atoms with Gasteiger partial charge in [-0.15, -0.1) is 11.8 Å². The van der Waals surface area contributed by atoms with Crippen molar-refractivity contribution < 1.29 is 18.1 Å². The summed E-state index contributed by atoms with van der Waals surface area (Å²) >= 11 is 1.59. The molecule has 0 saturated carbocycles. The van der Waals surface area contributed by atoms with Gasteiger partial charge in [-0.05, 0) is 42.5 Å². The molecule has 2 aromatic rings. The van der Waals surface area contributed by atoms with Crippen LogP contribution >= 0.6 is 11.8 Å². The van der Waals surface area contributed by atoms with Gasteiger partial charge in [0.25, 0.3) is 15.7 Å². The Balaban J connectivity index is 1.93. The summed E-state index contributed by atoms with van der Waals surface area (Å²) in [6, 6.07) is 9.79. The summed E-state index contributed by atoms with van der Waals surface area (Å²) in [5.74, 6) is 0.709. The van der Waals surface area contributed by atoms with Gasteiger partial charge in [0.15, 0.2) is 0 Å². The average molecular weight is 407 g/mol. The molecule has 27 heavy (non-hydrogen) atoms. The van der Waals surface area contributed by atoms with Crippen LogP contribution in [0.1, 0.15) is 13.3 Å². The van der Waals surface area contributed by atoms with E-state index in [1.54, 1.807) is 22.7 Å². The van der Waals surface area contributed by atoms with Gasteiger partial charge in [0.1, 0.15) is 0 Å². The number of fused-ring (bicyclic) bond motifs is 1. The molecule has 3 rings (SSSR count). The highest BCUT2D eigenvalue weighted by atomic mass is 32.2. The van der Waals surface area contributed by atoms with Crippen molar-refractivity contribution in [2.75, 3.05) is 21.9 Å². The van der Waals surface area contributed by atoms with Crippen molar-refractivity contribution in [1.82, 2.24) is 0 Å². The molecule has 0 aromatic heterocycles. The summed E-state index contributed by atoms with van der Waals surface area (Å²) in [5.41, 5.74) is 0.669. The summed E-state index contributed by atoms with van der Waals surface area (Å²) in [5, 5.41) is 10.7. The van der Waals surface area contributed by atoms with Crippen molar-refractivity contribution in [3.05, 3.63) is 52.6 Å². The van der Waals surface area contributed by atoms with Gasteiger partial charge in [-0.25, -0.2) is 8.42 Å². The molecule has 0 fully saturated rings. The number of rotatable bonds is 4. The van der Waals surface area contributed by atoms with Gasteiger partial charge in [-0.3, -0.25) is 19.6 Å². The van der Waals surface area contributed by atoms with E-state index in [0.717, 1.165) is 17.1 Å². The maximum Gasteiger partial charge on any atom is 0.269 e. The van der Waals surface area contributed by atoms with E-state index in [0.29, 0.717) is 12.2 Å². The van der Waals surface area contributed by atoms with Crippen LogP contribution in [-0.2, 0) is 14.8 Å². The Morgan fingerprint density at radius 3 is 2.56 bits per heavy atom. The van der Waals surface area contributed by atoms with E-state index in [9.17, 15) is 23.3 Å². The van der Waals surface area contributed by atoms with Crippen molar-refractivity contribution in [2.45, 2.75) is 23.1 Å². The maximum absolute atomic E-state index is 12.7. The number of hydrogen-bond acceptors (Lipinski definition) is 6. The van der Waals surface area contributed by atoms with Crippen molar-refractivity contribution in [2.24, 2.45) is 0 Å². The Labute approximate surface area is 160 Å². The minimum atomic E-state index is -3.91. The first-order chi connectivity index (χ1) is 12.8. The lowest BCUT2D eigenvalue weighted by Crippen LogP contribution is -2.29. The average Bonchev–Trinajstić information content (AvgIpc) is 2.83. The number of anilines is 2. The summed E-state index contributed by atoms with van der Waals surface area (Å²) < 4.78 is 27.8. The predicted octanol–water partition coefficient (Wildman–Crippen LogP) is 3.24. The van der Waals surface area contributed by atoms with Gasteiger partial charge in [-0.1, -0.05) is 0 Å². The fourth-order valence-corrected chi connectivity index (χ4v) is 4.77. The van der Waals surface area contributed by atoms with E-state index >= 15 is 0 Å². The van der Waals surface area contributed by atoms with E-state index in [1.807, 2.05) is 0 Å². The lowest BCUT2D eigenvalue weighted by Gasteiger charge is -2.21. The Kier molecular flexibility index (Phi) is 5.38. The molecule has 1 amide bonds. The third-order valence-electron chi connectivity index (χ3n) is 4.03. The van der Waals surface area contributed by atoms with Crippen molar-refractivity contribution in [3.63, 3.8) is 0 Å². The molecule has 0 aliphatic carbocycles. The number of amides is 1. The number of nitrogens with zero attached hydrogens (tertiary/aromatic N) is 2. The minimum absolute atomic E-state index is 0.0216. The Bertz CT molecular complexity index is 990. The number of carbonyl (C=O) groups is 1. The summed E-state index contributed by atoms with van der Waals surface area (Å²) in [6.45, 7) is 1.99.